The fourth-order valence-electron chi connectivity index (χ4n) is 1.59. The van der Waals surface area contributed by atoms with Gasteiger partial charge >= 0.3 is 0 Å². The van der Waals surface area contributed by atoms with E-state index in [-0.39, 0.29) is 11.7 Å². The van der Waals surface area contributed by atoms with Crippen molar-refractivity contribution in [1.82, 2.24) is 14.8 Å². The summed E-state index contributed by atoms with van der Waals surface area (Å²) < 4.78 is 1.74. The van der Waals surface area contributed by atoms with Crippen LogP contribution in [-0.4, -0.2) is 27.2 Å². The summed E-state index contributed by atoms with van der Waals surface area (Å²) in [7, 11) is 0. The maximum Gasteiger partial charge on any atom is 0.269 e. The molecule has 0 bridgehead atoms. The first-order valence-electron chi connectivity index (χ1n) is 6.48. The normalized spacial score (nSPS) is 10.5. The Balaban J connectivity index is 2.06. The van der Waals surface area contributed by atoms with Gasteiger partial charge < -0.3 is 16.4 Å². The quantitative estimate of drug-likeness (QED) is 0.757. The van der Waals surface area contributed by atoms with E-state index in [1.54, 1.807) is 17.1 Å². The molecule has 0 aromatic carbocycles. The zero-order valence-electron chi connectivity index (χ0n) is 11.5. The largest absolute Gasteiger partial charge is 0.382 e. The molecule has 0 saturated carbocycles. The molecule has 0 fully saturated rings. The number of hydrogen-bond donors (Lipinski definition) is 3. The molecule has 20 heavy (non-hydrogen) atoms. The number of rotatable bonds is 6. The average Bonchev–Trinajstić information content (AvgIpc) is 3.02. The summed E-state index contributed by atoms with van der Waals surface area (Å²) in [4.78, 5) is 16.7. The Morgan fingerprint density at radius 3 is 2.95 bits per heavy atom. The minimum atomic E-state index is -0.264. The Morgan fingerprint density at radius 2 is 2.30 bits per heavy atom. The lowest BCUT2D eigenvalue weighted by Crippen LogP contribution is -2.11. The first-order chi connectivity index (χ1) is 9.63. The molecule has 0 unspecified atom stereocenters. The molecule has 7 nitrogen and oxygen atoms in total. The molecule has 108 valence electrons. The number of anilines is 3. The third kappa shape index (κ3) is 3.27. The summed E-state index contributed by atoms with van der Waals surface area (Å²) >= 11 is 1.25. The Hall–Kier alpha value is -2.09. The number of nitrogens with zero attached hydrogens (tertiary/aromatic N) is 3. The van der Waals surface area contributed by atoms with Gasteiger partial charge in [0.25, 0.3) is 5.91 Å². The van der Waals surface area contributed by atoms with Gasteiger partial charge in [-0.05, 0) is 13.3 Å². The summed E-state index contributed by atoms with van der Waals surface area (Å²) in [5.41, 5.74) is 6.42. The van der Waals surface area contributed by atoms with Crippen molar-refractivity contribution in [3.63, 3.8) is 0 Å². The molecule has 0 aliphatic heterocycles. The fourth-order valence-corrected chi connectivity index (χ4v) is 2.40. The van der Waals surface area contributed by atoms with Crippen molar-refractivity contribution in [2.24, 2.45) is 0 Å². The molecule has 0 spiro atoms. The van der Waals surface area contributed by atoms with E-state index < -0.39 is 0 Å². The molecule has 0 aliphatic carbocycles. The van der Waals surface area contributed by atoms with Crippen molar-refractivity contribution in [2.75, 3.05) is 22.9 Å². The van der Waals surface area contributed by atoms with Gasteiger partial charge in [-0.2, -0.15) is 5.10 Å². The average molecular weight is 294 g/mol. The van der Waals surface area contributed by atoms with Crippen LogP contribution in [0.25, 0.3) is 0 Å². The van der Waals surface area contributed by atoms with Crippen LogP contribution in [0.1, 0.15) is 29.9 Å². The molecular formula is C12H18N6OS. The molecule has 8 heteroatoms. The number of aryl methyl sites for hydroxylation is 1. The third-order valence-electron chi connectivity index (χ3n) is 2.60. The highest BCUT2D eigenvalue weighted by Crippen LogP contribution is 2.25. The second kappa shape index (κ2) is 6.38. The summed E-state index contributed by atoms with van der Waals surface area (Å²) in [6.45, 7) is 5.59. The Labute approximate surface area is 121 Å². The number of amides is 1. The lowest BCUT2D eigenvalue weighted by molar-refractivity contribution is 0.103. The van der Waals surface area contributed by atoms with Crippen molar-refractivity contribution in [3.05, 3.63) is 17.3 Å². The number of carbonyl (C=O) groups excluding carboxylic acids is 1. The number of hydrogen-bond acceptors (Lipinski definition) is 6. The highest BCUT2D eigenvalue weighted by Gasteiger charge is 2.16. The van der Waals surface area contributed by atoms with Crippen LogP contribution in [0.2, 0.25) is 0 Å². The van der Waals surface area contributed by atoms with E-state index in [1.807, 2.05) is 6.92 Å². The second-order valence-corrected chi connectivity index (χ2v) is 5.20. The molecule has 2 rings (SSSR count). The zero-order chi connectivity index (χ0) is 14.5. The van der Waals surface area contributed by atoms with Crippen LogP contribution in [0.4, 0.5) is 16.6 Å². The van der Waals surface area contributed by atoms with Gasteiger partial charge in [0.1, 0.15) is 10.7 Å². The summed E-state index contributed by atoms with van der Waals surface area (Å²) in [6, 6.07) is 0. The molecule has 0 radical (unpaired) electrons. The standard InChI is InChI=1S/C12H18N6OS/c1-3-5-14-12-17-10(13)9(20-12)11(19)16-8-6-15-18(4-2)7-8/h6-7H,3-5,13H2,1-2H3,(H,14,17)(H,16,19). The smallest absolute Gasteiger partial charge is 0.269 e. The van der Waals surface area contributed by atoms with Gasteiger partial charge in [-0.25, -0.2) is 4.98 Å². The molecule has 2 heterocycles. The second-order valence-electron chi connectivity index (χ2n) is 4.20. The molecule has 4 N–H and O–H groups in total. The minimum absolute atomic E-state index is 0.244. The van der Waals surface area contributed by atoms with Gasteiger partial charge in [-0.1, -0.05) is 18.3 Å². The number of aromatic nitrogens is 3. The fraction of sp³-hybridized carbons (Fsp3) is 0.417. The SMILES string of the molecule is CCCNc1nc(N)c(C(=O)Nc2cnn(CC)c2)s1. The van der Waals surface area contributed by atoms with Gasteiger partial charge in [0, 0.05) is 19.3 Å². The van der Waals surface area contributed by atoms with Gasteiger partial charge in [0.05, 0.1) is 11.9 Å². The zero-order valence-corrected chi connectivity index (χ0v) is 12.3. The Bertz CT molecular complexity index is 591. The van der Waals surface area contributed by atoms with Crippen LogP contribution in [0.15, 0.2) is 12.4 Å². The highest BCUT2D eigenvalue weighted by atomic mass is 32.1. The van der Waals surface area contributed by atoms with Crippen LogP contribution in [0.5, 0.6) is 0 Å². The van der Waals surface area contributed by atoms with Crippen LogP contribution in [-0.2, 0) is 6.54 Å². The predicted molar refractivity (Wildman–Crippen MR) is 81.2 cm³/mol. The van der Waals surface area contributed by atoms with Crippen LogP contribution in [0.3, 0.4) is 0 Å². The molecule has 0 saturated heterocycles. The van der Waals surface area contributed by atoms with Crippen molar-refractivity contribution in [3.8, 4) is 0 Å². The molecule has 0 atom stereocenters. The van der Waals surface area contributed by atoms with E-state index in [0.717, 1.165) is 19.5 Å². The Kier molecular flexibility index (Phi) is 4.57. The number of nitrogen functional groups attached to an aromatic ring is 1. The van der Waals surface area contributed by atoms with E-state index in [0.29, 0.717) is 15.7 Å². The van der Waals surface area contributed by atoms with Gasteiger partial charge in [-0.15, -0.1) is 0 Å². The first kappa shape index (κ1) is 14.3. The van der Waals surface area contributed by atoms with Crippen LogP contribution < -0.4 is 16.4 Å². The Morgan fingerprint density at radius 1 is 1.50 bits per heavy atom. The van der Waals surface area contributed by atoms with Gasteiger partial charge in [0.15, 0.2) is 5.13 Å². The number of nitrogens with one attached hydrogen (secondary N) is 2. The number of thiazole rings is 1. The lowest BCUT2D eigenvalue weighted by Gasteiger charge is -1.99. The first-order valence-corrected chi connectivity index (χ1v) is 7.29. The predicted octanol–water partition coefficient (Wildman–Crippen LogP) is 2.02. The van der Waals surface area contributed by atoms with E-state index >= 15 is 0 Å². The van der Waals surface area contributed by atoms with Gasteiger partial charge in [0.2, 0.25) is 0 Å². The third-order valence-corrected chi connectivity index (χ3v) is 3.63. The van der Waals surface area contributed by atoms with Crippen molar-refractivity contribution in [2.45, 2.75) is 26.8 Å². The summed E-state index contributed by atoms with van der Waals surface area (Å²) in [6.07, 6.45) is 4.36. The molecule has 1 amide bonds. The maximum atomic E-state index is 12.1. The highest BCUT2D eigenvalue weighted by molar-refractivity contribution is 7.18. The van der Waals surface area contributed by atoms with Crippen LogP contribution >= 0.6 is 11.3 Å². The minimum Gasteiger partial charge on any atom is -0.382 e. The molecule has 0 aliphatic rings. The maximum absolute atomic E-state index is 12.1. The van der Waals surface area contributed by atoms with Crippen molar-refractivity contribution < 1.29 is 4.79 Å². The van der Waals surface area contributed by atoms with E-state index in [1.165, 1.54) is 11.3 Å². The molecular weight excluding hydrogens is 276 g/mol. The van der Waals surface area contributed by atoms with E-state index in [2.05, 4.69) is 27.6 Å². The van der Waals surface area contributed by atoms with Crippen LogP contribution in [0, 0.1) is 0 Å². The number of carbonyl (C=O) groups is 1. The lowest BCUT2D eigenvalue weighted by atomic mass is 10.4. The van der Waals surface area contributed by atoms with Gasteiger partial charge in [-0.3, -0.25) is 9.48 Å². The van der Waals surface area contributed by atoms with E-state index in [4.69, 9.17) is 5.73 Å². The van der Waals surface area contributed by atoms with E-state index in [9.17, 15) is 4.79 Å². The van der Waals surface area contributed by atoms with Crippen molar-refractivity contribution >= 4 is 33.9 Å². The summed E-state index contributed by atoms with van der Waals surface area (Å²) in [5, 5.41) is 10.6. The number of nitrogens with two attached hydrogens (primary N) is 1. The topological polar surface area (TPSA) is 97.9 Å². The van der Waals surface area contributed by atoms with Crippen molar-refractivity contribution in [1.29, 1.82) is 0 Å². The summed E-state index contributed by atoms with van der Waals surface area (Å²) in [5.74, 6) is -0.0193. The monoisotopic (exact) mass is 294 g/mol. The molecule has 2 aromatic heterocycles. The molecule has 2 aromatic rings.